The van der Waals surface area contributed by atoms with Crippen molar-refractivity contribution in [2.45, 2.75) is 38.3 Å². The molecule has 14 heavy (non-hydrogen) atoms. The molecule has 1 aliphatic carbocycles. The maximum Gasteiger partial charge on any atom is 0.325 e. The minimum atomic E-state index is -0.116. The standard InChI is InChI=1S/C10H16N2O2/c13-9-3-1-8(2-4-9)7-12-6-5-11-10(12)14/h5-6,8-9,13H,1-4,7H2,(H,11,14). The van der Waals surface area contributed by atoms with Crippen LogP contribution in [0.15, 0.2) is 17.2 Å². The number of H-pyrrole nitrogens is 1. The number of nitrogens with zero attached hydrogens (tertiary/aromatic N) is 1. The predicted molar refractivity (Wildman–Crippen MR) is 53.0 cm³/mol. The van der Waals surface area contributed by atoms with Crippen LogP contribution in [0.2, 0.25) is 0 Å². The van der Waals surface area contributed by atoms with Gasteiger partial charge in [-0.25, -0.2) is 4.79 Å². The van der Waals surface area contributed by atoms with E-state index in [-0.39, 0.29) is 11.8 Å². The van der Waals surface area contributed by atoms with Crippen molar-refractivity contribution in [3.63, 3.8) is 0 Å². The maximum atomic E-state index is 11.2. The molecule has 1 aromatic rings. The molecule has 1 aliphatic rings. The Hall–Kier alpha value is -1.03. The van der Waals surface area contributed by atoms with Gasteiger partial charge in [-0.15, -0.1) is 0 Å². The van der Waals surface area contributed by atoms with Gasteiger partial charge in [0.25, 0.3) is 0 Å². The third kappa shape index (κ3) is 2.07. The number of aliphatic hydroxyl groups is 1. The largest absolute Gasteiger partial charge is 0.393 e. The zero-order chi connectivity index (χ0) is 9.97. The zero-order valence-electron chi connectivity index (χ0n) is 8.15. The number of aliphatic hydroxyl groups excluding tert-OH is 1. The van der Waals surface area contributed by atoms with E-state index in [1.165, 1.54) is 0 Å². The van der Waals surface area contributed by atoms with E-state index in [1.807, 2.05) is 0 Å². The summed E-state index contributed by atoms with van der Waals surface area (Å²) in [6.45, 7) is 0.787. The van der Waals surface area contributed by atoms with Gasteiger partial charge in [-0.1, -0.05) is 0 Å². The molecule has 4 heteroatoms. The Morgan fingerprint density at radius 1 is 1.43 bits per heavy atom. The van der Waals surface area contributed by atoms with Crippen LogP contribution < -0.4 is 5.69 Å². The smallest absolute Gasteiger partial charge is 0.325 e. The lowest BCUT2D eigenvalue weighted by Crippen LogP contribution is -2.25. The molecular weight excluding hydrogens is 180 g/mol. The maximum absolute atomic E-state index is 11.2. The molecule has 0 unspecified atom stereocenters. The van der Waals surface area contributed by atoms with Crippen LogP contribution >= 0.6 is 0 Å². The SMILES string of the molecule is O=c1[nH]ccn1CC1CCC(O)CC1. The first-order chi connectivity index (χ1) is 6.75. The molecule has 78 valence electrons. The van der Waals surface area contributed by atoms with Crippen LogP contribution in [0.5, 0.6) is 0 Å². The molecule has 1 fully saturated rings. The van der Waals surface area contributed by atoms with E-state index in [0.717, 1.165) is 32.2 Å². The van der Waals surface area contributed by atoms with Crippen LogP contribution in [0.3, 0.4) is 0 Å². The van der Waals surface area contributed by atoms with Crippen molar-refractivity contribution in [3.05, 3.63) is 22.9 Å². The van der Waals surface area contributed by atoms with Gasteiger partial charge in [0.2, 0.25) is 0 Å². The van der Waals surface area contributed by atoms with E-state index in [4.69, 9.17) is 0 Å². The predicted octanol–water partition coefficient (Wildman–Crippen LogP) is 0.727. The summed E-state index contributed by atoms with van der Waals surface area (Å²) >= 11 is 0. The molecule has 0 saturated heterocycles. The van der Waals surface area contributed by atoms with Crippen LogP contribution in [0, 0.1) is 5.92 Å². The van der Waals surface area contributed by atoms with Gasteiger partial charge in [-0.05, 0) is 31.6 Å². The molecule has 1 saturated carbocycles. The van der Waals surface area contributed by atoms with E-state index < -0.39 is 0 Å². The van der Waals surface area contributed by atoms with Gasteiger partial charge in [-0.3, -0.25) is 4.57 Å². The van der Waals surface area contributed by atoms with Crippen LogP contribution in [-0.2, 0) is 6.54 Å². The highest BCUT2D eigenvalue weighted by molar-refractivity contribution is 4.79. The van der Waals surface area contributed by atoms with Gasteiger partial charge in [0.05, 0.1) is 6.10 Å². The lowest BCUT2D eigenvalue weighted by atomic mass is 9.87. The molecule has 1 heterocycles. The lowest BCUT2D eigenvalue weighted by molar-refractivity contribution is 0.104. The van der Waals surface area contributed by atoms with Crippen molar-refractivity contribution in [2.24, 2.45) is 5.92 Å². The summed E-state index contributed by atoms with van der Waals surface area (Å²) in [5.74, 6) is 0.548. The Balaban J connectivity index is 1.93. The first kappa shape index (κ1) is 9.52. The molecule has 1 aromatic heterocycles. The van der Waals surface area contributed by atoms with Gasteiger partial charge in [-0.2, -0.15) is 0 Å². The number of aromatic nitrogens is 2. The number of hydrogen-bond donors (Lipinski definition) is 2. The summed E-state index contributed by atoms with van der Waals surface area (Å²) in [4.78, 5) is 13.8. The summed E-state index contributed by atoms with van der Waals surface area (Å²) in [6.07, 6.45) is 7.15. The molecule has 0 aliphatic heterocycles. The molecule has 2 rings (SSSR count). The fourth-order valence-electron chi connectivity index (χ4n) is 2.10. The number of nitrogens with one attached hydrogen (secondary N) is 1. The number of hydrogen-bond acceptors (Lipinski definition) is 2. The van der Waals surface area contributed by atoms with Crippen LogP contribution in [0.1, 0.15) is 25.7 Å². The van der Waals surface area contributed by atoms with Gasteiger partial charge in [0.1, 0.15) is 0 Å². The highest BCUT2D eigenvalue weighted by Crippen LogP contribution is 2.24. The molecule has 4 nitrogen and oxygen atoms in total. The van der Waals surface area contributed by atoms with Crippen molar-refractivity contribution in [1.29, 1.82) is 0 Å². The summed E-state index contributed by atoms with van der Waals surface area (Å²) in [7, 11) is 0. The average molecular weight is 196 g/mol. The summed E-state index contributed by atoms with van der Waals surface area (Å²) in [5, 5.41) is 9.33. The van der Waals surface area contributed by atoms with E-state index in [0.29, 0.717) is 5.92 Å². The Morgan fingerprint density at radius 2 is 2.14 bits per heavy atom. The first-order valence-corrected chi connectivity index (χ1v) is 5.17. The van der Waals surface area contributed by atoms with Gasteiger partial charge < -0.3 is 10.1 Å². The van der Waals surface area contributed by atoms with Crippen LogP contribution in [0.25, 0.3) is 0 Å². The normalized spacial score (nSPS) is 27.8. The van der Waals surface area contributed by atoms with Crippen molar-refractivity contribution >= 4 is 0 Å². The molecule has 2 N–H and O–H groups in total. The van der Waals surface area contributed by atoms with Gasteiger partial charge >= 0.3 is 5.69 Å². The van der Waals surface area contributed by atoms with Crippen molar-refractivity contribution in [1.82, 2.24) is 9.55 Å². The van der Waals surface area contributed by atoms with E-state index in [9.17, 15) is 9.90 Å². The third-order valence-electron chi connectivity index (χ3n) is 2.99. The van der Waals surface area contributed by atoms with Crippen molar-refractivity contribution in [2.75, 3.05) is 0 Å². The second-order valence-electron chi connectivity index (χ2n) is 4.09. The van der Waals surface area contributed by atoms with Crippen molar-refractivity contribution < 1.29 is 5.11 Å². The highest BCUT2D eigenvalue weighted by Gasteiger charge is 2.19. The fraction of sp³-hybridized carbons (Fsp3) is 0.700. The Kier molecular flexibility index (Phi) is 2.72. The summed E-state index contributed by atoms with van der Waals surface area (Å²) in [6, 6.07) is 0. The monoisotopic (exact) mass is 196 g/mol. The van der Waals surface area contributed by atoms with Gasteiger partial charge in [0.15, 0.2) is 0 Å². The minimum Gasteiger partial charge on any atom is -0.393 e. The van der Waals surface area contributed by atoms with Gasteiger partial charge in [0, 0.05) is 18.9 Å². The topological polar surface area (TPSA) is 58.0 Å². The minimum absolute atomic E-state index is 0.0314. The van der Waals surface area contributed by atoms with Crippen LogP contribution in [0.4, 0.5) is 0 Å². The number of rotatable bonds is 2. The second kappa shape index (κ2) is 4.00. The molecule has 0 radical (unpaired) electrons. The quantitative estimate of drug-likeness (QED) is 0.732. The highest BCUT2D eigenvalue weighted by atomic mass is 16.3. The lowest BCUT2D eigenvalue weighted by Gasteiger charge is -2.25. The van der Waals surface area contributed by atoms with Crippen LogP contribution in [-0.4, -0.2) is 20.8 Å². The summed E-state index contributed by atoms with van der Waals surface area (Å²) < 4.78 is 1.71. The zero-order valence-corrected chi connectivity index (χ0v) is 8.15. The molecule has 0 spiro atoms. The molecule has 0 aromatic carbocycles. The molecular formula is C10H16N2O2. The number of imidazole rings is 1. The fourth-order valence-corrected chi connectivity index (χ4v) is 2.10. The molecule has 0 amide bonds. The Bertz CT molecular complexity index is 334. The first-order valence-electron chi connectivity index (χ1n) is 5.17. The van der Waals surface area contributed by atoms with E-state index in [1.54, 1.807) is 17.0 Å². The Morgan fingerprint density at radius 3 is 2.71 bits per heavy atom. The Labute approximate surface area is 82.6 Å². The molecule has 0 atom stereocenters. The second-order valence-corrected chi connectivity index (χ2v) is 4.09. The number of aromatic amines is 1. The molecule has 0 bridgehead atoms. The average Bonchev–Trinajstić information content (AvgIpc) is 2.56. The third-order valence-corrected chi connectivity index (χ3v) is 2.99. The van der Waals surface area contributed by atoms with E-state index in [2.05, 4.69) is 4.98 Å². The van der Waals surface area contributed by atoms with Crippen molar-refractivity contribution in [3.8, 4) is 0 Å². The summed E-state index contributed by atoms with van der Waals surface area (Å²) in [5.41, 5.74) is -0.0314. The van der Waals surface area contributed by atoms with E-state index >= 15 is 0 Å².